The van der Waals surface area contributed by atoms with Gasteiger partial charge in [-0.2, -0.15) is 0 Å². The van der Waals surface area contributed by atoms with E-state index in [0.717, 1.165) is 18.5 Å². The van der Waals surface area contributed by atoms with Crippen molar-refractivity contribution in [1.82, 2.24) is 15.2 Å². The maximum atomic E-state index is 12.2. The molecule has 0 spiro atoms. The first-order valence-corrected chi connectivity index (χ1v) is 7.24. The first kappa shape index (κ1) is 15.3. The molecule has 0 bridgehead atoms. The lowest BCUT2D eigenvalue weighted by molar-refractivity contribution is -0.138. The number of likely N-dealkylation sites (tertiary alicyclic amines) is 1. The van der Waals surface area contributed by atoms with E-state index in [4.69, 9.17) is 5.11 Å². The Kier molecular flexibility index (Phi) is 5.14. The molecule has 2 rings (SSSR count). The van der Waals surface area contributed by atoms with Gasteiger partial charge in [0.2, 0.25) is 0 Å². The molecule has 6 nitrogen and oxygen atoms in total. The van der Waals surface area contributed by atoms with E-state index in [-0.39, 0.29) is 24.4 Å². The molecule has 21 heavy (non-hydrogen) atoms. The number of urea groups is 1. The number of amides is 2. The summed E-state index contributed by atoms with van der Waals surface area (Å²) in [5.41, 5.74) is 0.826. The van der Waals surface area contributed by atoms with Gasteiger partial charge in [0.1, 0.15) is 0 Å². The highest BCUT2D eigenvalue weighted by Gasteiger charge is 2.25. The van der Waals surface area contributed by atoms with Gasteiger partial charge in [0.25, 0.3) is 0 Å². The van der Waals surface area contributed by atoms with Crippen molar-refractivity contribution in [3.05, 3.63) is 30.1 Å². The fraction of sp³-hybridized carbons (Fsp3) is 0.533. The lowest BCUT2D eigenvalue weighted by Gasteiger charge is -2.32. The van der Waals surface area contributed by atoms with E-state index in [1.807, 2.05) is 25.1 Å². The van der Waals surface area contributed by atoms with Gasteiger partial charge in [-0.25, -0.2) is 4.79 Å². The second-order valence-corrected chi connectivity index (χ2v) is 5.45. The molecule has 1 atom stereocenters. The van der Waals surface area contributed by atoms with Crippen LogP contribution in [0.5, 0.6) is 0 Å². The summed E-state index contributed by atoms with van der Waals surface area (Å²) in [5, 5.41) is 11.7. The molecule has 114 valence electrons. The number of carboxylic acid groups (broad SMARTS) is 1. The van der Waals surface area contributed by atoms with Crippen molar-refractivity contribution >= 4 is 12.0 Å². The third kappa shape index (κ3) is 4.44. The van der Waals surface area contributed by atoms with Crippen LogP contribution in [0.15, 0.2) is 24.4 Å². The Balaban J connectivity index is 1.81. The van der Waals surface area contributed by atoms with Crippen molar-refractivity contribution in [2.24, 2.45) is 5.92 Å². The Morgan fingerprint density at radius 2 is 2.14 bits per heavy atom. The number of rotatable bonds is 4. The molecule has 1 aliphatic rings. The number of carbonyl (C=O) groups is 2. The van der Waals surface area contributed by atoms with Gasteiger partial charge >= 0.3 is 12.0 Å². The zero-order valence-electron chi connectivity index (χ0n) is 12.2. The van der Waals surface area contributed by atoms with E-state index >= 15 is 0 Å². The van der Waals surface area contributed by atoms with Gasteiger partial charge in [0, 0.05) is 25.7 Å². The predicted molar refractivity (Wildman–Crippen MR) is 77.7 cm³/mol. The van der Waals surface area contributed by atoms with Crippen LogP contribution in [0, 0.1) is 5.92 Å². The second kappa shape index (κ2) is 7.06. The Labute approximate surface area is 124 Å². The number of piperidine rings is 1. The van der Waals surface area contributed by atoms with Crippen LogP contribution in [0.1, 0.15) is 37.9 Å². The summed E-state index contributed by atoms with van der Waals surface area (Å²) < 4.78 is 0. The minimum atomic E-state index is -0.762. The van der Waals surface area contributed by atoms with Gasteiger partial charge in [-0.1, -0.05) is 6.07 Å². The van der Waals surface area contributed by atoms with E-state index in [9.17, 15) is 9.59 Å². The summed E-state index contributed by atoms with van der Waals surface area (Å²) >= 11 is 0. The Morgan fingerprint density at radius 1 is 1.43 bits per heavy atom. The van der Waals surface area contributed by atoms with E-state index < -0.39 is 5.97 Å². The summed E-state index contributed by atoms with van der Waals surface area (Å²) in [7, 11) is 0. The Bertz CT molecular complexity index is 484. The van der Waals surface area contributed by atoms with Crippen LogP contribution in [0.2, 0.25) is 0 Å². The van der Waals surface area contributed by atoms with Gasteiger partial charge in [0.05, 0.1) is 11.7 Å². The van der Waals surface area contributed by atoms with E-state index in [1.54, 1.807) is 11.1 Å². The fourth-order valence-corrected chi connectivity index (χ4v) is 2.57. The highest BCUT2D eigenvalue weighted by molar-refractivity contribution is 5.74. The largest absolute Gasteiger partial charge is 0.481 e. The minimum Gasteiger partial charge on any atom is -0.481 e. The number of carboxylic acids is 1. The normalized spacial score (nSPS) is 17.3. The third-order valence-corrected chi connectivity index (χ3v) is 3.84. The molecule has 1 aromatic heterocycles. The van der Waals surface area contributed by atoms with Gasteiger partial charge in [-0.15, -0.1) is 0 Å². The number of nitrogens with zero attached hydrogens (tertiary/aromatic N) is 2. The van der Waals surface area contributed by atoms with Crippen LogP contribution >= 0.6 is 0 Å². The average molecular weight is 291 g/mol. The topological polar surface area (TPSA) is 82.5 Å². The predicted octanol–water partition coefficient (Wildman–Crippen LogP) is 2.04. The molecule has 2 heterocycles. The molecule has 2 amide bonds. The van der Waals surface area contributed by atoms with Gasteiger partial charge in [-0.05, 0) is 37.8 Å². The summed E-state index contributed by atoms with van der Waals surface area (Å²) in [5.74, 6) is -0.582. The average Bonchev–Trinajstić information content (AvgIpc) is 2.48. The van der Waals surface area contributed by atoms with Crippen LogP contribution in [0.4, 0.5) is 4.79 Å². The molecule has 1 aliphatic heterocycles. The molecule has 6 heteroatoms. The van der Waals surface area contributed by atoms with Crippen LogP contribution in [0.3, 0.4) is 0 Å². The number of hydrogen-bond donors (Lipinski definition) is 2. The maximum Gasteiger partial charge on any atom is 0.317 e. The number of pyridine rings is 1. The van der Waals surface area contributed by atoms with Gasteiger partial charge in [0.15, 0.2) is 0 Å². The zero-order chi connectivity index (χ0) is 15.2. The molecule has 1 aromatic rings. The van der Waals surface area contributed by atoms with Crippen molar-refractivity contribution in [2.75, 3.05) is 13.1 Å². The van der Waals surface area contributed by atoms with Crippen LogP contribution in [-0.4, -0.2) is 40.1 Å². The van der Waals surface area contributed by atoms with E-state index in [2.05, 4.69) is 10.3 Å². The molecule has 0 aliphatic carbocycles. The number of aromatic nitrogens is 1. The van der Waals surface area contributed by atoms with Crippen molar-refractivity contribution in [2.45, 2.75) is 32.2 Å². The number of aliphatic carboxylic acids is 1. The fourth-order valence-electron chi connectivity index (χ4n) is 2.57. The van der Waals surface area contributed by atoms with Gasteiger partial charge in [-0.3, -0.25) is 9.78 Å². The van der Waals surface area contributed by atoms with E-state index in [1.165, 1.54) is 0 Å². The lowest BCUT2D eigenvalue weighted by atomic mass is 9.94. The van der Waals surface area contributed by atoms with Crippen molar-refractivity contribution in [3.63, 3.8) is 0 Å². The first-order chi connectivity index (χ1) is 10.1. The molecule has 0 aromatic carbocycles. The highest BCUT2D eigenvalue weighted by Crippen LogP contribution is 2.21. The molecular formula is C15H21N3O3. The zero-order valence-corrected chi connectivity index (χ0v) is 12.2. The molecule has 0 radical (unpaired) electrons. The van der Waals surface area contributed by atoms with Crippen LogP contribution in [0.25, 0.3) is 0 Å². The molecule has 0 saturated carbocycles. The molecule has 1 unspecified atom stereocenters. The second-order valence-electron chi connectivity index (χ2n) is 5.45. The summed E-state index contributed by atoms with van der Waals surface area (Å²) in [6, 6.07) is 5.36. The molecule has 1 saturated heterocycles. The number of hydrogen-bond acceptors (Lipinski definition) is 3. The minimum absolute atomic E-state index is 0.109. The first-order valence-electron chi connectivity index (χ1n) is 7.24. The van der Waals surface area contributed by atoms with Gasteiger partial charge < -0.3 is 15.3 Å². The summed E-state index contributed by atoms with van der Waals surface area (Å²) in [4.78, 5) is 28.8. The molecular weight excluding hydrogens is 270 g/mol. The smallest absolute Gasteiger partial charge is 0.317 e. The molecule has 1 fully saturated rings. The lowest BCUT2D eigenvalue weighted by Crippen LogP contribution is -2.45. The van der Waals surface area contributed by atoms with E-state index in [0.29, 0.717) is 13.1 Å². The SMILES string of the molecule is CC(NC(=O)N1CCC(CC(=O)O)CC1)c1ccccn1. The summed E-state index contributed by atoms with van der Waals surface area (Å²) in [6.07, 6.45) is 3.39. The number of carbonyl (C=O) groups excluding carboxylic acids is 1. The standard InChI is InChI=1S/C15H21N3O3/c1-11(13-4-2-3-7-16-13)17-15(21)18-8-5-12(6-9-18)10-14(19)20/h2-4,7,11-12H,5-6,8-10H2,1H3,(H,17,21)(H,19,20). The quantitative estimate of drug-likeness (QED) is 0.889. The Hall–Kier alpha value is -2.11. The Morgan fingerprint density at radius 3 is 2.71 bits per heavy atom. The third-order valence-electron chi connectivity index (χ3n) is 3.84. The van der Waals surface area contributed by atoms with Crippen molar-refractivity contribution in [1.29, 1.82) is 0 Å². The number of nitrogens with one attached hydrogen (secondary N) is 1. The maximum absolute atomic E-state index is 12.2. The van der Waals surface area contributed by atoms with Crippen LogP contribution in [-0.2, 0) is 4.79 Å². The van der Waals surface area contributed by atoms with Crippen molar-refractivity contribution < 1.29 is 14.7 Å². The monoisotopic (exact) mass is 291 g/mol. The summed E-state index contributed by atoms with van der Waals surface area (Å²) in [6.45, 7) is 3.12. The highest BCUT2D eigenvalue weighted by atomic mass is 16.4. The molecule has 2 N–H and O–H groups in total. The van der Waals surface area contributed by atoms with Crippen LogP contribution < -0.4 is 5.32 Å². The van der Waals surface area contributed by atoms with Crippen molar-refractivity contribution in [3.8, 4) is 0 Å².